The molecular formula is C20H18N2O6S. The monoisotopic (exact) mass is 414 g/mol. The van der Waals surface area contributed by atoms with Gasteiger partial charge in [0.2, 0.25) is 0 Å². The van der Waals surface area contributed by atoms with E-state index in [1.54, 1.807) is 12.1 Å². The van der Waals surface area contributed by atoms with Gasteiger partial charge in [-0.05, 0) is 29.7 Å². The molecule has 8 nitrogen and oxygen atoms in total. The van der Waals surface area contributed by atoms with Crippen molar-refractivity contribution in [3.63, 3.8) is 0 Å². The Kier molecular flexibility index (Phi) is 4.23. The van der Waals surface area contributed by atoms with Gasteiger partial charge in [-0.2, -0.15) is 0 Å². The minimum Gasteiger partial charge on any atom is -0.460 e. The van der Waals surface area contributed by atoms with Crippen molar-refractivity contribution in [3.05, 3.63) is 63.9 Å². The van der Waals surface area contributed by atoms with Gasteiger partial charge in [-0.1, -0.05) is 19.9 Å². The van der Waals surface area contributed by atoms with E-state index < -0.39 is 14.9 Å². The number of hydrogen-bond donors (Lipinski definition) is 1. The normalized spacial score (nSPS) is 15.9. The first-order chi connectivity index (χ1) is 13.6. The SMILES string of the molecule is CC1(C)CC(=O)c2c(oc3ccc(NS(=O)(=O)c4cccc([N+](=O)[O-])c4)cc23)C1. The summed E-state index contributed by atoms with van der Waals surface area (Å²) in [6, 6.07) is 9.49. The number of non-ortho nitro benzene ring substituents is 1. The summed E-state index contributed by atoms with van der Waals surface area (Å²) >= 11 is 0. The first-order valence-corrected chi connectivity index (χ1v) is 10.4. The largest absolute Gasteiger partial charge is 0.460 e. The summed E-state index contributed by atoms with van der Waals surface area (Å²) in [4.78, 5) is 22.7. The van der Waals surface area contributed by atoms with E-state index in [-0.39, 0.29) is 27.5 Å². The molecule has 1 aromatic heterocycles. The molecule has 0 saturated carbocycles. The number of carbonyl (C=O) groups excluding carboxylic acids is 1. The number of furan rings is 1. The summed E-state index contributed by atoms with van der Waals surface area (Å²) in [5.74, 6) is 0.577. The summed E-state index contributed by atoms with van der Waals surface area (Å²) in [6.07, 6.45) is 1.01. The third-order valence-corrected chi connectivity index (χ3v) is 6.29. The van der Waals surface area contributed by atoms with Crippen molar-refractivity contribution >= 4 is 38.2 Å². The fourth-order valence-electron chi connectivity index (χ4n) is 3.64. The molecule has 0 aliphatic heterocycles. The maximum atomic E-state index is 12.7. The molecule has 9 heteroatoms. The summed E-state index contributed by atoms with van der Waals surface area (Å²) in [6.45, 7) is 4.00. The van der Waals surface area contributed by atoms with Crippen LogP contribution in [0.3, 0.4) is 0 Å². The van der Waals surface area contributed by atoms with Crippen LogP contribution in [0, 0.1) is 15.5 Å². The number of ketones is 1. The number of nitro groups is 1. The van der Waals surface area contributed by atoms with E-state index in [4.69, 9.17) is 4.42 Å². The van der Waals surface area contributed by atoms with Gasteiger partial charge in [0.25, 0.3) is 15.7 Å². The van der Waals surface area contributed by atoms with Crippen molar-refractivity contribution < 1.29 is 22.6 Å². The van der Waals surface area contributed by atoms with Gasteiger partial charge in [0.1, 0.15) is 11.3 Å². The Labute approximate surface area is 166 Å². The van der Waals surface area contributed by atoms with E-state index in [0.717, 1.165) is 6.07 Å². The number of nitro benzene ring substituents is 1. The zero-order chi connectivity index (χ0) is 21.0. The van der Waals surface area contributed by atoms with Crippen LogP contribution >= 0.6 is 0 Å². The van der Waals surface area contributed by atoms with Crippen molar-refractivity contribution in [2.75, 3.05) is 4.72 Å². The highest BCUT2D eigenvalue weighted by Crippen LogP contribution is 2.40. The molecule has 0 saturated heterocycles. The fourth-order valence-corrected chi connectivity index (χ4v) is 4.73. The van der Waals surface area contributed by atoms with Gasteiger partial charge in [-0.25, -0.2) is 8.42 Å². The van der Waals surface area contributed by atoms with Crippen LogP contribution in [-0.2, 0) is 16.4 Å². The molecular weight excluding hydrogens is 396 g/mol. The quantitative estimate of drug-likeness (QED) is 0.502. The highest BCUT2D eigenvalue weighted by atomic mass is 32.2. The Morgan fingerprint density at radius 1 is 1.14 bits per heavy atom. The number of anilines is 1. The summed E-state index contributed by atoms with van der Waals surface area (Å²) in [5.41, 5.74) is 0.741. The predicted octanol–water partition coefficient (Wildman–Crippen LogP) is 4.30. The Bertz CT molecular complexity index is 1270. The van der Waals surface area contributed by atoms with Crippen molar-refractivity contribution in [1.29, 1.82) is 0 Å². The molecule has 0 amide bonds. The van der Waals surface area contributed by atoms with Crippen LogP contribution in [-0.4, -0.2) is 19.1 Å². The van der Waals surface area contributed by atoms with Gasteiger partial charge in [-0.15, -0.1) is 0 Å². The predicted molar refractivity (Wildman–Crippen MR) is 107 cm³/mol. The molecule has 0 spiro atoms. The number of carbonyl (C=O) groups is 1. The molecule has 0 unspecified atom stereocenters. The molecule has 150 valence electrons. The molecule has 2 aromatic carbocycles. The average Bonchev–Trinajstić information content (AvgIpc) is 2.97. The third kappa shape index (κ3) is 3.49. The third-order valence-electron chi connectivity index (χ3n) is 4.91. The lowest BCUT2D eigenvalue weighted by Gasteiger charge is -2.27. The maximum absolute atomic E-state index is 12.7. The van der Waals surface area contributed by atoms with E-state index in [1.807, 2.05) is 13.8 Å². The molecule has 0 atom stereocenters. The zero-order valence-corrected chi connectivity index (χ0v) is 16.6. The molecule has 0 radical (unpaired) electrons. The molecule has 4 rings (SSSR count). The van der Waals surface area contributed by atoms with E-state index in [2.05, 4.69) is 4.72 Å². The number of fused-ring (bicyclic) bond motifs is 3. The van der Waals surface area contributed by atoms with Crippen LogP contribution in [0.1, 0.15) is 36.4 Å². The highest BCUT2D eigenvalue weighted by molar-refractivity contribution is 7.92. The van der Waals surface area contributed by atoms with Gasteiger partial charge in [-0.3, -0.25) is 19.6 Å². The maximum Gasteiger partial charge on any atom is 0.270 e. The molecule has 1 N–H and O–H groups in total. The molecule has 29 heavy (non-hydrogen) atoms. The van der Waals surface area contributed by atoms with Crippen LogP contribution in [0.15, 0.2) is 51.8 Å². The lowest BCUT2D eigenvalue weighted by atomic mass is 9.76. The Hall–Kier alpha value is -3.20. The van der Waals surface area contributed by atoms with Crippen LogP contribution in [0.2, 0.25) is 0 Å². The van der Waals surface area contributed by atoms with Crippen molar-refractivity contribution in [1.82, 2.24) is 0 Å². The molecule has 1 heterocycles. The van der Waals surface area contributed by atoms with Crippen LogP contribution in [0.25, 0.3) is 11.0 Å². The number of benzene rings is 2. The minimum absolute atomic E-state index is 0.0336. The Morgan fingerprint density at radius 3 is 2.62 bits per heavy atom. The molecule has 0 bridgehead atoms. The number of nitrogens with zero attached hydrogens (tertiary/aromatic N) is 1. The van der Waals surface area contributed by atoms with Crippen molar-refractivity contribution in [2.24, 2.45) is 5.41 Å². The standard InChI is InChI=1S/C20H18N2O6S/c1-20(2)10-16(23)19-15-8-12(6-7-17(15)28-18(19)11-20)21-29(26,27)14-5-3-4-13(9-14)22(24)25/h3-9,21H,10-11H2,1-2H3. The molecule has 1 aliphatic carbocycles. The summed E-state index contributed by atoms with van der Waals surface area (Å²) < 4.78 is 33.6. The average molecular weight is 414 g/mol. The summed E-state index contributed by atoms with van der Waals surface area (Å²) in [5, 5.41) is 11.5. The number of sulfonamides is 1. The Balaban J connectivity index is 1.72. The number of nitrogens with one attached hydrogen (secondary N) is 1. The molecule has 3 aromatic rings. The van der Waals surface area contributed by atoms with Crippen molar-refractivity contribution in [3.8, 4) is 0 Å². The zero-order valence-electron chi connectivity index (χ0n) is 15.8. The lowest BCUT2D eigenvalue weighted by Crippen LogP contribution is -2.25. The Morgan fingerprint density at radius 2 is 1.90 bits per heavy atom. The summed E-state index contributed by atoms with van der Waals surface area (Å²) in [7, 11) is -4.04. The molecule has 1 aliphatic rings. The number of hydrogen-bond acceptors (Lipinski definition) is 6. The van der Waals surface area contributed by atoms with Gasteiger partial charge < -0.3 is 4.42 Å². The first-order valence-electron chi connectivity index (χ1n) is 8.92. The fraction of sp³-hybridized carbons (Fsp3) is 0.250. The topological polar surface area (TPSA) is 120 Å². The van der Waals surface area contributed by atoms with E-state index in [0.29, 0.717) is 35.1 Å². The van der Waals surface area contributed by atoms with E-state index >= 15 is 0 Å². The second-order valence-corrected chi connectivity index (χ2v) is 9.59. The van der Waals surface area contributed by atoms with E-state index in [9.17, 15) is 23.3 Å². The minimum atomic E-state index is -4.04. The van der Waals surface area contributed by atoms with Gasteiger partial charge in [0.15, 0.2) is 5.78 Å². The number of Topliss-reactive ketones (excluding diaryl/α,β-unsaturated/α-hetero) is 1. The van der Waals surface area contributed by atoms with Crippen molar-refractivity contribution in [2.45, 2.75) is 31.6 Å². The lowest BCUT2D eigenvalue weighted by molar-refractivity contribution is -0.385. The van der Waals surface area contributed by atoms with Crippen LogP contribution in [0.4, 0.5) is 11.4 Å². The smallest absolute Gasteiger partial charge is 0.270 e. The number of rotatable bonds is 4. The first kappa shape index (κ1) is 19.1. The van der Waals surface area contributed by atoms with Gasteiger partial charge in [0.05, 0.1) is 15.4 Å². The van der Waals surface area contributed by atoms with E-state index in [1.165, 1.54) is 24.3 Å². The van der Waals surface area contributed by atoms with Crippen LogP contribution in [0.5, 0.6) is 0 Å². The second kappa shape index (κ2) is 6.41. The molecule has 0 fully saturated rings. The highest BCUT2D eigenvalue weighted by Gasteiger charge is 2.35. The van der Waals surface area contributed by atoms with Crippen LogP contribution < -0.4 is 4.72 Å². The van der Waals surface area contributed by atoms with Gasteiger partial charge in [0, 0.05) is 36.0 Å². The second-order valence-electron chi connectivity index (χ2n) is 7.91. The van der Waals surface area contributed by atoms with Gasteiger partial charge >= 0.3 is 0 Å².